The Morgan fingerprint density at radius 3 is 2.53 bits per heavy atom. The molecule has 0 aliphatic rings. The fourth-order valence-electron chi connectivity index (χ4n) is 1.07. The molecule has 0 saturated carbocycles. The summed E-state index contributed by atoms with van der Waals surface area (Å²) >= 11 is 0. The third kappa shape index (κ3) is 2.98. The highest BCUT2D eigenvalue weighted by molar-refractivity contribution is 5.23. The van der Waals surface area contributed by atoms with E-state index < -0.39 is 4.92 Å². The van der Waals surface area contributed by atoms with Gasteiger partial charge >= 0.3 is 5.70 Å². The van der Waals surface area contributed by atoms with Gasteiger partial charge in [-0.2, -0.15) is 0 Å². The van der Waals surface area contributed by atoms with E-state index in [-0.39, 0.29) is 18.0 Å². The molecule has 0 bridgehead atoms. The SMILES string of the molecule is CCC(=C(N)Oc1ccccc1)[N+](=O)[O-]. The van der Waals surface area contributed by atoms with Crippen molar-refractivity contribution >= 4 is 0 Å². The minimum absolute atomic E-state index is 0.112. The maximum absolute atomic E-state index is 10.5. The summed E-state index contributed by atoms with van der Waals surface area (Å²) in [6.07, 6.45) is 0.228. The number of para-hydroxylation sites is 1. The molecule has 5 nitrogen and oxygen atoms in total. The molecule has 80 valence electrons. The van der Waals surface area contributed by atoms with Gasteiger partial charge in [0.25, 0.3) is 5.88 Å². The third-order valence-corrected chi connectivity index (χ3v) is 1.81. The number of hydrogen-bond donors (Lipinski definition) is 1. The lowest BCUT2D eigenvalue weighted by Gasteiger charge is -2.05. The summed E-state index contributed by atoms with van der Waals surface area (Å²) in [5.74, 6) is 0.330. The molecule has 0 atom stereocenters. The predicted molar refractivity (Wildman–Crippen MR) is 55.6 cm³/mol. The lowest BCUT2D eigenvalue weighted by atomic mass is 10.3. The van der Waals surface area contributed by atoms with Crippen molar-refractivity contribution in [2.45, 2.75) is 13.3 Å². The second-order valence-corrected chi connectivity index (χ2v) is 2.84. The Morgan fingerprint density at radius 2 is 2.07 bits per heavy atom. The summed E-state index contributed by atoms with van der Waals surface area (Å²) in [6, 6.07) is 8.71. The van der Waals surface area contributed by atoms with Gasteiger partial charge in [-0.1, -0.05) is 25.1 Å². The van der Waals surface area contributed by atoms with Gasteiger partial charge in [-0.3, -0.25) is 10.1 Å². The maximum Gasteiger partial charge on any atom is 0.305 e. The van der Waals surface area contributed by atoms with Crippen LogP contribution in [0, 0.1) is 10.1 Å². The Kier molecular flexibility index (Phi) is 3.68. The average Bonchev–Trinajstić information content (AvgIpc) is 2.19. The molecule has 1 rings (SSSR count). The number of nitrogens with zero attached hydrogens (tertiary/aromatic N) is 1. The quantitative estimate of drug-likeness (QED) is 0.465. The fraction of sp³-hybridized carbons (Fsp3) is 0.200. The number of rotatable bonds is 4. The van der Waals surface area contributed by atoms with Crippen LogP contribution in [0.15, 0.2) is 41.9 Å². The topological polar surface area (TPSA) is 78.4 Å². The van der Waals surface area contributed by atoms with Crippen molar-refractivity contribution in [1.82, 2.24) is 0 Å². The van der Waals surface area contributed by atoms with Crippen molar-refractivity contribution in [2.75, 3.05) is 0 Å². The van der Waals surface area contributed by atoms with Crippen LogP contribution in [-0.4, -0.2) is 4.92 Å². The van der Waals surface area contributed by atoms with E-state index in [9.17, 15) is 10.1 Å². The van der Waals surface area contributed by atoms with Gasteiger partial charge in [-0.15, -0.1) is 0 Å². The molecule has 0 saturated heterocycles. The highest BCUT2D eigenvalue weighted by Gasteiger charge is 2.15. The van der Waals surface area contributed by atoms with E-state index in [1.54, 1.807) is 31.2 Å². The molecule has 0 aliphatic carbocycles. The van der Waals surface area contributed by atoms with E-state index in [1.807, 2.05) is 6.07 Å². The number of hydrogen-bond acceptors (Lipinski definition) is 4. The first-order chi connectivity index (χ1) is 7.15. The summed E-state index contributed by atoms with van der Waals surface area (Å²) in [6.45, 7) is 1.65. The Morgan fingerprint density at radius 1 is 1.47 bits per heavy atom. The highest BCUT2D eigenvalue weighted by atomic mass is 16.6. The minimum atomic E-state index is -0.529. The summed E-state index contributed by atoms with van der Waals surface area (Å²) < 4.78 is 5.14. The van der Waals surface area contributed by atoms with Crippen molar-refractivity contribution in [3.63, 3.8) is 0 Å². The number of ether oxygens (including phenoxy) is 1. The van der Waals surface area contributed by atoms with Crippen LogP contribution in [0.5, 0.6) is 5.75 Å². The van der Waals surface area contributed by atoms with Crippen LogP contribution in [0.25, 0.3) is 0 Å². The number of benzene rings is 1. The molecule has 0 spiro atoms. The summed E-state index contributed by atoms with van der Waals surface area (Å²) in [5.41, 5.74) is 5.36. The second kappa shape index (κ2) is 4.99. The third-order valence-electron chi connectivity index (χ3n) is 1.81. The smallest absolute Gasteiger partial charge is 0.305 e. The van der Waals surface area contributed by atoms with Gasteiger partial charge < -0.3 is 10.5 Å². The molecular weight excluding hydrogens is 196 g/mol. The molecular formula is C10H12N2O3. The van der Waals surface area contributed by atoms with Crippen LogP contribution in [0.1, 0.15) is 13.3 Å². The Bertz CT molecular complexity index is 374. The van der Waals surface area contributed by atoms with Gasteiger partial charge in [-0.05, 0) is 12.1 Å². The van der Waals surface area contributed by atoms with Crippen LogP contribution in [0.4, 0.5) is 0 Å². The molecule has 0 heterocycles. The average molecular weight is 208 g/mol. The van der Waals surface area contributed by atoms with Crippen LogP contribution >= 0.6 is 0 Å². The standard InChI is InChI=1S/C10H12N2O3/c1-2-9(12(13)14)10(11)15-8-6-4-3-5-7-8/h3-7H,2,11H2,1H3. The lowest BCUT2D eigenvalue weighted by Crippen LogP contribution is -2.14. The Hall–Kier alpha value is -2.04. The van der Waals surface area contributed by atoms with E-state index in [0.717, 1.165) is 0 Å². The lowest BCUT2D eigenvalue weighted by molar-refractivity contribution is -0.430. The molecule has 0 fully saturated rings. The summed E-state index contributed by atoms with van der Waals surface area (Å²) in [5, 5.41) is 10.5. The van der Waals surface area contributed by atoms with Gasteiger partial charge in [0, 0.05) is 6.42 Å². The largest absolute Gasteiger partial charge is 0.436 e. The first kappa shape index (κ1) is 11.0. The number of nitrogens with two attached hydrogens (primary N) is 1. The predicted octanol–water partition coefficient (Wildman–Crippen LogP) is 1.88. The van der Waals surface area contributed by atoms with E-state index in [4.69, 9.17) is 10.5 Å². The maximum atomic E-state index is 10.5. The Balaban J connectivity index is 2.86. The zero-order chi connectivity index (χ0) is 11.3. The second-order valence-electron chi connectivity index (χ2n) is 2.84. The van der Waals surface area contributed by atoms with E-state index in [2.05, 4.69) is 0 Å². The molecule has 0 amide bonds. The fourth-order valence-corrected chi connectivity index (χ4v) is 1.07. The number of allylic oxidation sites excluding steroid dienone is 1. The molecule has 5 heteroatoms. The first-order valence-corrected chi connectivity index (χ1v) is 4.51. The van der Waals surface area contributed by atoms with E-state index >= 15 is 0 Å². The van der Waals surface area contributed by atoms with Gasteiger partial charge in [-0.25, -0.2) is 0 Å². The molecule has 0 unspecified atom stereocenters. The van der Waals surface area contributed by atoms with Gasteiger partial charge in [0.1, 0.15) is 5.75 Å². The van der Waals surface area contributed by atoms with Crippen molar-refractivity contribution in [1.29, 1.82) is 0 Å². The Labute approximate surface area is 87.3 Å². The molecule has 0 aliphatic heterocycles. The zero-order valence-corrected chi connectivity index (χ0v) is 8.34. The van der Waals surface area contributed by atoms with E-state index in [1.165, 1.54) is 0 Å². The van der Waals surface area contributed by atoms with Crippen molar-refractivity contribution in [3.8, 4) is 5.75 Å². The van der Waals surface area contributed by atoms with Gasteiger partial charge in [0.05, 0.1) is 4.92 Å². The molecule has 1 aromatic rings. The van der Waals surface area contributed by atoms with E-state index in [0.29, 0.717) is 5.75 Å². The summed E-state index contributed by atoms with van der Waals surface area (Å²) in [7, 11) is 0. The highest BCUT2D eigenvalue weighted by Crippen LogP contribution is 2.14. The summed E-state index contributed by atoms with van der Waals surface area (Å²) in [4.78, 5) is 10.0. The molecule has 2 N–H and O–H groups in total. The molecule has 0 aromatic heterocycles. The van der Waals surface area contributed by atoms with Crippen LogP contribution < -0.4 is 10.5 Å². The van der Waals surface area contributed by atoms with Crippen LogP contribution in [0.2, 0.25) is 0 Å². The minimum Gasteiger partial charge on any atom is -0.436 e. The zero-order valence-electron chi connectivity index (χ0n) is 8.34. The molecule has 1 aromatic carbocycles. The van der Waals surface area contributed by atoms with Crippen LogP contribution in [0.3, 0.4) is 0 Å². The van der Waals surface area contributed by atoms with Crippen LogP contribution in [-0.2, 0) is 0 Å². The monoisotopic (exact) mass is 208 g/mol. The van der Waals surface area contributed by atoms with Crippen molar-refractivity contribution < 1.29 is 9.66 Å². The molecule has 15 heavy (non-hydrogen) atoms. The van der Waals surface area contributed by atoms with Gasteiger partial charge in [0.15, 0.2) is 0 Å². The number of nitro groups is 1. The van der Waals surface area contributed by atoms with Crippen molar-refractivity contribution in [3.05, 3.63) is 52.0 Å². The first-order valence-electron chi connectivity index (χ1n) is 4.51. The molecule has 0 radical (unpaired) electrons. The van der Waals surface area contributed by atoms with Gasteiger partial charge in [0.2, 0.25) is 0 Å². The normalized spacial score (nSPS) is 11.8. The van der Waals surface area contributed by atoms with Crippen molar-refractivity contribution in [2.24, 2.45) is 5.73 Å².